The van der Waals surface area contributed by atoms with Gasteiger partial charge in [0, 0.05) is 37.8 Å². The zero-order chi connectivity index (χ0) is 13.2. The number of H-pyrrole nitrogens is 1. The predicted octanol–water partition coefficient (Wildman–Crippen LogP) is 1.76. The van der Waals surface area contributed by atoms with Crippen LogP contribution in [0.3, 0.4) is 0 Å². The van der Waals surface area contributed by atoms with E-state index >= 15 is 0 Å². The molecule has 2 N–H and O–H groups in total. The number of rotatable bonds is 2. The molecule has 1 aliphatic heterocycles. The number of piperazine rings is 1. The molecule has 0 aliphatic carbocycles. The van der Waals surface area contributed by atoms with Crippen LogP contribution in [0.4, 0.5) is 14.6 Å². The lowest BCUT2D eigenvalue weighted by molar-refractivity contribution is 0.584. The van der Waals surface area contributed by atoms with Gasteiger partial charge in [-0.15, -0.1) is 0 Å². The van der Waals surface area contributed by atoms with Crippen molar-refractivity contribution < 1.29 is 8.78 Å². The summed E-state index contributed by atoms with van der Waals surface area (Å²) in [5, 5.41) is 10.2. The molecule has 2 heterocycles. The van der Waals surface area contributed by atoms with Crippen LogP contribution in [0.5, 0.6) is 0 Å². The summed E-state index contributed by atoms with van der Waals surface area (Å²) < 4.78 is 26.8. The Balaban J connectivity index is 1.89. The first-order chi connectivity index (χ1) is 9.24. The molecule has 1 aromatic heterocycles. The van der Waals surface area contributed by atoms with Gasteiger partial charge >= 0.3 is 0 Å². The highest BCUT2D eigenvalue weighted by atomic mass is 19.1. The fourth-order valence-corrected chi connectivity index (χ4v) is 2.21. The summed E-state index contributed by atoms with van der Waals surface area (Å²) in [4.78, 5) is 2.10. The maximum Gasteiger partial charge on any atom is 0.151 e. The number of halogens is 2. The standard InChI is InChI=1S/C13H14F2N4/c14-9-1-2-11(15)10(7-9)12-8-13(18-17-12)19-5-3-16-4-6-19/h1-2,7-8,16H,3-6H2,(H,17,18). The van der Waals surface area contributed by atoms with E-state index in [0.29, 0.717) is 5.69 Å². The Kier molecular flexibility index (Phi) is 3.16. The molecule has 1 saturated heterocycles. The SMILES string of the molecule is Fc1ccc(F)c(-c2cc(N3CCNCC3)n[nH]2)c1. The smallest absolute Gasteiger partial charge is 0.151 e. The average Bonchev–Trinajstić information content (AvgIpc) is 2.92. The van der Waals surface area contributed by atoms with E-state index in [0.717, 1.165) is 44.1 Å². The minimum absolute atomic E-state index is 0.203. The first kappa shape index (κ1) is 12.1. The van der Waals surface area contributed by atoms with Gasteiger partial charge in [-0.25, -0.2) is 8.78 Å². The van der Waals surface area contributed by atoms with Crippen molar-refractivity contribution in [2.24, 2.45) is 0 Å². The summed E-state index contributed by atoms with van der Waals surface area (Å²) in [7, 11) is 0. The Labute approximate surface area is 109 Å². The van der Waals surface area contributed by atoms with Crippen molar-refractivity contribution in [2.75, 3.05) is 31.1 Å². The Bertz CT molecular complexity index is 576. The van der Waals surface area contributed by atoms with Crippen molar-refractivity contribution in [3.05, 3.63) is 35.9 Å². The van der Waals surface area contributed by atoms with Gasteiger partial charge in [-0.2, -0.15) is 5.10 Å². The molecule has 6 heteroatoms. The van der Waals surface area contributed by atoms with E-state index in [1.807, 2.05) is 0 Å². The second kappa shape index (κ2) is 4.97. The van der Waals surface area contributed by atoms with Crippen LogP contribution in [0.25, 0.3) is 11.3 Å². The Hall–Kier alpha value is -1.95. The van der Waals surface area contributed by atoms with Gasteiger partial charge in [0.15, 0.2) is 5.82 Å². The molecule has 0 amide bonds. The number of benzene rings is 1. The second-order valence-electron chi connectivity index (χ2n) is 4.50. The molecule has 0 spiro atoms. The van der Waals surface area contributed by atoms with Crippen LogP contribution in [-0.2, 0) is 0 Å². The van der Waals surface area contributed by atoms with Crippen LogP contribution in [0.1, 0.15) is 0 Å². The molecular weight excluding hydrogens is 250 g/mol. The molecule has 1 fully saturated rings. The van der Waals surface area contributed by atoms with Crippen molar-refractivity contribution in [3.63, 3.8) is 0 Å². The Morgan fingerprint density at radius 1 is 1.11 bits per heavy atom. The van der Waals surface area contributed by atoms with E-state index in [-0.39, 0.29) is 5.56 Å². The lowest BCUT2D eigenvalue weighted by Crippen LogP contribution is -2.43. The van der Waals surface area contributed by atoms with Crippen LogP contribution >= 0.6 is 0 Å². The maximum absolute atomic E-state index is 13.7. The topological polar surface area (TPSA) is 44.0 Å². The molecule has 19 heavy (non-hydrogen) atoms. The highest BCUT2D eigenvalue weighted by molar-refractivity contribution is 5.64. The quantitative estimate of drug-likeness (QED) is 0.868. The summed E-state index contributed by atoms with van der Waals surface area (Å²) >= 11 is 0. The third kappa shape index (κ3) is 2.44. The summed E-state index contributed by atoms with van der Waals surface area (Å²) in [5.41, 5.74) is 0.694. The first-order valence-electron chi connectivity index (χ1n) is 6.20. The maximum atomic E-state index is 13.7. The van der Waals surface area contributed by atoms with Crippen LogP contribution < -0.4 is 10.2 Å². The summed E-state index contributed by atoms with van der Waals surface area (Å²) in [6, 6.07) is 5.15. The highest BCUT2D eigenvalue weighted by Gasteiger charge is 2.15. The third-order valence-corrected chi connectivity index (χ3v) is 3.22. The molecule has 0 saturated carbocycles. The molecule has 3 rings (SSSR count). The van der Waals surface area contributed by atoms with E-state index in [9.17, 15) is 8.78 Å². The lowest BCUT2D eigenvalue weighted by atomic mass is 10.1. The number of hydrogen-bond donors (Lipinski definition) is 2. The van der Waals surface area contributed by atoms with E-state index in [1.54, 1.807) is 6.07 Å². The highest BCUT2D eigenvalue weighted by Crippen LogP contribution is 2.25. The van der Waals surface area contributed by atoms with Crippen LogP contribution in [-0.4, -0.2) is 36.4 Å². The van der Waals surface area contributed by atoms with Crippen molar-refractivity contribution in [1.82, 2.24) is 15.5 Å². The molecule has 0 bridgehead atoms. The molecule has 1 aromatic carbocycles. The number of hydrogen-bond acceptors (Lipinski definition) is 3. The molecular formula is C13H14F2N4. The molecule has 4 nitrogen and oxygen atoms in total. The fourth-order valence-electron chi connectivity index (χ4n) is 2.21. The van der Waals surface area contributed by atoms with E-state index in [2.05, 4.69) is 20.4 Å². The predicted molar refractivity (Wildman–Crippen MR) is 69.0 cm³/mol. The van der Waals surface area contributed by atoms with Crippen LogP contribution in [0, 0.1) is 11.6 Å². The molecule has 0 atom stereocenters. The molecule has 2 aromatic rings. The van der Waals surface area contributed by atoms with Crippen LogP contribution in [0.2, 0.25) is 0 Å². The molecule has 1 aliphatic rings. The van der Waals surface area contributed by atoms with Gasteiger partial charge < -0.3 is 10.2 Å². The molecule has 0 radical (unpaired) electrons. The van der Waals surface area contributed by atoms with Gasteiger partial charge in [0.2, 0.25) is 0 Å². The van der Waals surface area contributed by atoms with Gasteiger partial charge in [0.25, 0.3) is 0 Å². The normalized spacial score (nSPS) is 15.8. The monoisotopic (exact) mass is 264 g/mol. The largest absolute Gasteiger partial charge is 0.353 e. The fraction of sp³-hybridized carbons (Fsp3) is 0.308. The lowest BCUT2D eigenvalue weighted by Gasteiger charge is -2.26. The molecule has 0 unspecified atom stereocenters. The third-order valence-electron chi connectivity index (χ3n) is 3.22. The van der Waals surface area contributed by atoms with Gasteiger partial charge in [-0.3, -0.25) is 5.10 Å². The van der Waals surface area contributed by atoms with Crippen molar-refractivity contribution >= 4 is 5.82 Å². The van der Waals surface area contributed by atoms with Gasteiger partial charge in [-0.1, -0.05) is 0 Å². The van der Waals surface area contributed by atoms with Crippen LogP contribution in [0.15, 0.2) is 24.3 Å². The minimum Gasteiger partial charge on any atom is -0.353 e. The summed E-state index contributed by atoms with van der Waals surface area (Å²) in [6.07, 6.45) is 0. The summed E-state index contributed by atoms with van der Waals surface area (Å²) in [5.74, 6) is -0.160. The van der Waals surface area contributed by atoms with Crippen molar-refractivity contribution in [3.8, 4) is 11.3 Å². The zero-order valence-corrected chi connectivity index (χ0v) is 10.3. The first-order valence-corrected chi connectivity index (χ1v) is 6.20. The average molecular weight is 264 g/mol. The van der Waals surface area contributed by atoms with E-state index in [1.165, 1.54) is 6.07 Å². The van der Waals surface area contributed by atoms with Gasteiger partial charge in [-0.05, 0) is 18.2 Å². The summed E-state index contributed by atoms with van der Waals surface area (Å²) in [6.45, 7) is 3.51. The van der Waals surface area contributed by atoms with Crippen molar-refractivity contribution in [1.29, 1.82) is 0 Å². The van der Waals surface area contributed by atoms with Gasteiger partial charge in [0.05, 0.1) is 5.69 Å². The zero-order valence-electron chi connectivity index (χ0n) is 10.3. The van der Waals surface area contributed by atoms with E-state index in [4.69, 9.17) is 0 Å². The Morgan fingerprint density at radius 3 is 2.68 bits per heavy atom. The molecule has 100 valence electrons. The number of aromatic amines is 1. The number of nitrogens with one attached hydrogen (secondary N) is 2. The number of nitrogens with zero attached hydrogens (tertiary/aromatic N) is 2. The Morgan fingerprint density at radius 2 is 1.89 bits per heavy atom. The second-order valence-corrected chi connectivity index (χ2v) is 4.50. The number of anilines is 1. The minimum atomic E-state index is -0.463. The van der Waals surface area contributed by atoms with E-state index < -0.39 is 11.6 Å². The van der Waals surface area contributed by atoms with Crippen molar-refractivity contribution in [2.45, 2.75) is 0 Å². The van der Waals surface area contributed by atoms with Gasteiger partial charge in [0.1, 0.15) is 11.6 Å². The number of aromatic nitrogens is 2.